The van der Waals surface area contributed by atoms with Crippen molar-refractivity contribution in [3.63, 3.8) is 0 Å². The normalized spacial score (nSPS) is 16.0. The Balaban J connectivity index is 1.65. The van der Waals surface area contributed by atoms with Crippen molar-refractivity contribution in [3.05, 3.63) is 107 Å². The van der Waals surface area contributed by atoms with Crippen LogP contribution in [0.1, 0.15) is 35.5 Å². The smallest absolute Gasteiger partial charge is 0.327 e. The van der Waals surface area contributed by atoms with Crippen molar-refractivity contribution in [3.8, 4) is 11.4 Å². The molecule has 8 heteroatoms. The number of anilines is 1. The fourth-order valence-corrected chi connectivity index (χ4v) is 4.12. The Labute approximate surface area is 200 Å². The van der Waals surface area contributed by atoms with Crippen molar-refractivity contribution in [1.29, 1.82) is 0 Å². The van der Waals surface area contributed by atoms with Gasteiger partial charge in [0.05, 0.1) is 17.3 Å². The molecule has 0 spiro atoms. The van der Waals surface area contributed by atoms with Crippen LogP contribution in [0.25, 0.3) is 17.0 Å². The molecule has 5 rings (SSSR count). The fourth-order valence-electron chi connectivity index (χ4n) is 4.12. The Hall–Kier alpha value is -4.33. The fraction of sp³-hybridized carbons (Fsp3) is 0.148. The minimum absolute atomic E-state index is 0.178. The monoisotopic (exact) mass is 472 g/mol. The number of nitrogens with one attached hydrogen (secondary N) is 1. The highest BCUT2D eigenvalue weighted by molar-refractivity contribution is 6.01. The number of hydrogen-bond donors (Lipinski definition) is 1. The average Bonchev–Trinajstić information content (AvgIpc) is 3.31. The number of urea groups is 1. The Kier molecular flexibility index (Phi) is 5.64. The summed E-state index contributed by atoms with van der Waals surface area (Å²) in [7, 11) is 0. The SMILES string of the molecule is CC1=C(c2nc(-c3ccc(C)cc3)no2)C(c2ccc(C)cc2)NC(=O)N1c1ccc(F)c(F)c1. The van der Waals surface area contributed by atoms with Gasteiger partial charge in [0.1, 0.15) is 0 Å². The van der Waals surface area contributed by atoms with Crippen LogP contribution in [0, 0.1) is 25.5 Å². The van der Waals surface area contributed by atoms with Crippen LogP contribution >= 0.6 is 0 Å². The molecule has 0 radical (unpaired) electrons. The van der Waals surface area contributed by atoms with Crippen molar-refractivity contribution in [2.45, 2.75) is 26.8 Å². The molecule has 6 nitrogen and oxygen atoms in total. The van der Waals surface area contributed by atoms with Gasteiger partial charge in [0.25, 0.3) is 5.89 Å². The molecular formula is C27H22F2N4O2. The second kappa shape index (κ2) is 8.79. The van der Waals surface area contributed by atoms with E-state index in [1.807, 2.05) is 62.4 Å². The lowest BCUT2D eigenvalue weighted by atomic mass is 9.94. The van der Waals surface area contributed by atoms with Gasteiger partial charge in [-0.15, -0.1) is 0 Å². The molecule has 3 aromatic carbocycles. The van der Waals surface area contributed by atoms with Crippen molar-refractivity contribution in [1.82, 2.24) is 15.5 Å². The lowest BCUT2D eigenvalue weighted by Gasteiger charge is -2.35. The summed E-state index contributed by atoms with van der Waals surface area (Å²) in [5.41, 5.74) is 4.98. The van der Waals surface area contributed by atoms with Crippen LogP contribution in [-0.2, 0) is 0 Å². The first-order valence-corrected chi connectivity index (χ1v) is 11.1. The van der Waals surface area contributed by atoms with Gasteiger partial charge in [0, 0.05) is 17.3 Å². The van der Waals surface area contributed by atoms with Crippen molar-refractivity contribution >= 4 is 17.3 Å². The third kappa shape index (κ3) is 4.19. The molecule has 0 bridgehead atoms. The van der Waals surface area contributed by atoms with Crippen molar-refractivity contribution in [2.75, 3.05) is 4.90 Å². The maximum Gasteiger partial charge on any atom is 0.327 e. The molecule has 1 aliphatic rings. The van der Waals surface area contributed by atoms with Crippen LogP contribution in [0.2, 0.25) is 0 Å². The van der Waals surface area contributed by atoms with E-state index in [2.05, 4.69) is 15.5 Å². The van der Waals surface area contributed by atoms with Gasteiger partial charge in [-0.2, -0.15) is 4.98 Å². The van der Waals surface area contributed by atoms with Crippen molar-refractivity contribution in [2.24, 2.45) is 0 Å². The number of hydrogen-bond acceptors (Lipinski definition) is 4. The molecule has 1 N–H and O–H groups in total. The third-order valence-electron chi connectivity index (χ3n) is 6.02. The third-order valence-corrected chi connectivity index (χ3v) is 6.02. The van der Waals surface area contributed by atoms with E-state index < -0.39 is 23.7 Å². The predicted octanol–water partition coefficient (Wildman–Crippen LogP) is 6.33. The first kappa shape index (κ1) is 22.5. The molecule has 2 amide bonds. The minimum Gasteiger partial charge on any atom is -0.334 e. The number of rotatable bonds is 4. The molecule has 2 heterocycles. The van der Waals surface area contributed by atoms with Crippen LogP contribution < -0.4 is 10.2 Å². The first-order valence-electron chi connectivity index (χ1n) is 11.1. The quantitative estimate of drug-likeness (QED) is 0.377. The van der Waals surface area contributed by atoms with Crippen LogP contribution in [0.3, 0.4) is 0 Å². The molecule has 0 aliphatic carbocycles. The second-order valence-corrected chi connectivity index (χ2v) is 8.52. The van der Waals surface area contributed by atoms with E-state index in [0.717, 1.165) is 34.4 Å². The number of allylic oxidation sites excluding steroid dienone is 1. The zero-order chi connectivity index (χ0) is 24.7. The van der Waals surface area contributed by atoms with Gasteiger partial charge in [-0.3, -0.25) is 4.90 Å². The zero-order valence-corrected chi connectivity index (χ0v) is 19.3. The molecule has 176 valence electrons. The van der Waals surface area contributed by atoms with Crippen molar-refractivity contribution < 1.29 is 18.1 Å². The van der Waals surface area contributed by atoms with Gasteiger partial charge < -0.3 is 9.84 Å². The van der Waals surface area contributed by atoms with Gasteiger partial charge in [-0.25, -0.2) is 13.6 Å². The summed E-state index contributed by atoms with van der Waals surface area (Å²) in [6.07, 6.45) is 0. The number of benzene rings is 3. The number of nitrogens with zero attached hydrogens (tertiary/aromatic N) is 3. The molecule has 1 unspecified atom stereocenters. The maximum absolute atomic E-state index is 14.0. The lowest BCUT2D eigenvalue weighted by molar-refractivity contribution is 0.244. The van der Waals surface area contributed by atoms with Crippen LogP contribution in [0.4, 0.5) is 19.3 Å². The summed E-state index contributed by atoms with van der Waals surface area (Å²) < 4.78 is 33.3. The van der Waals surface area contributed by atoms with Gasteiger partial charge in [0.2, 0.25) is 5.82 Å². The highest BCUT2D eigenvalue weighted by Gasteiger charge is 2.36. The van der Waals surface area contributed by atoms with E-state index in [9.17, 15) is 13.6 Å². The van der Waals surface area contributed by atoms with E-state index in [4.69, 9.17) is 4.52 Å². The van der Waals surface area contributed by atoms with E-state index in [0.29, 0.717) is 17.1 Å². The van der Waals surface area contributed by atoms with E-state index in [1.54, 1.807) is 6.92 Å². The number of aromatic nitrogens is 2. The minimum atomic E-state index is -1.05. The summed E-state index contributed by atoms with van der Waals surface area (Å²) in [6, 6.07) is 17.7. The van der Waals surface area contributed by atoms with Gasteiger partial charge in [-0.05, 0) is 38.5 Å². The summed E-state index contributed by atoms with van der Waals surface area (Å²) >= 11 is 0. The van der Waals surface area contributed by atoms with E-state index in [-0.39, 0.29) is 11.6 Å². The second-order valence-electron chi connectivity index (χ2n) is 8.52. The Morgan fingerprint density at radius 1 is 0.886 bits per heavy atom. The van der Waals surface area contributed by atoms with Crippen LogP contribution in [0.5, 0.6) is 0 Å². The highest BCUT2D eigenvalue weighted by atomic mass is 19.2. The predicted molar refractivity (Wildman–Crippen MR) is 128 cm³/mol. The summed E-state index contributed by atoms with van der Waals surface area (Å²) in [5, 5.41) is 7.10. The average molecular weight is 472 g/mol. The Bertz CT molecular complexity index is 1440. The molecule has 0 fully saturated rings. The Morgan fingerprint density at radius 3 is 2.20 bits per heavy atom. The molecule has 1 aliphatic heterocycles. The first-order chi connectivity index (χ1) is 16.8. The molecule has 4 aromatic rings. The Morgan fingerprint density at radius 2 is 1.54 bits per heavy atom. The molecule has 35 heavy (non-hydrogen) atoms. The number of amides is 2. The topological polar surface area (TPSA) is 71.3 Å². The lowest BCUT2D eigenvalue weighted by Crippen LogP contribution is -2.46. The van der Waals surface area contributed by atoms with Gasteiger partial charge >= 0.3 is 6.03 Å². The van der Waals surface area contributed by atoms with E-state index in [1.165, 1.54) is 11.0 Å². The van der Waals surface area contributed by atoms with E-state index >= 15 is 0 Å². The number of carbonyl (C=O) groups is 1. The molecule has 1 atom stereocenters. The highest BCUT2D eigenvalue weighted by Crippen LogP contribution is 2.39. The summed E-state index contributed by atoms with van der Waals surface area (Å²) in [4.78, 5) is 19.1. The largest absolute Gasteiger partial charge is 0.334 e. The molecular weight excluding hydrogens is 450 g/mol. The zero-order valence-electron chi connectivity index (χ0n) is 19.3. The summed E-state index contributed by atoms with van der Waals surface area (Å²) in [5.74, 6) is -1.43. The van der Waals surface area contributed by atoms with Crippen LogP contribution in [-0.4, -0.2) is 16.2 Å². The van der Waals surface area contributed by atoms with Gasteiger partial charge in [-0.1, -0.05) is 64.8 Å². The standard InChI is InChI=1S/C27H22F2N4O2/c1-15-4-8-18(9-5-15)24-23(26-31-25(32-35-26)19-10-6-16(2)7-11-19)17(3)33(27(34)30-24)20-12-13-21(28)22(29)14-20/h4-14,24H,1-3H3,(H,30,34). The molecule has 0 saturated carbocycles. The number of aryl methyl sites for hydroxylation is 2. The summed E-state index contributed by atoms with van der Waals surface area (Å²) in [6.45, 7) is 5.68. The van der Waals surface area contributed by atoms with Crippen LogP contribution in [0.15, 0.2) is 77.0 Å². The number of halogens is 2. The van der Waals surface area contributed by atoms with Gasteiger partial charge in [0.15, 0.2) is 11.6 Å². The number of carbonyl (C=O) groups excluding carboxylic acids is 1. The molecule has 1 aromatic heterocycles. The maximum atomic E-state index is 14.0. The molecule has 0 saturated heterocycles.